The zero-order valence-corrected chi connectivity index (χ0v) is 17.3. The summed E-state index contributed by atoms with van der Waals surface area (Å²) in [6.07, 6.45) is 1.86. The number of benzene rings is 2. The second-order valence-electron chi connectivity index (χ2n) is 7.44. The Morgan fingerprint density at radius 2 is 1.70 bits per heavy atom. The third-order valence-electron chi connectivity index (χ3n) is 5.30. The molecule has 2 aromatic rings. The number of ether oxygens (including phenoxy) is 1. The number of likely N-dealkylation sites (tertiary alicyclic amines) is 1. The van der Waals surface area contributed by atoms with E-state index in [1.165, 1.54) is 0 Å². The van der Waals surface area contributed by atoms with E-state index in [1.54, 1.807) is 9.80 Å². The lowest BCUT2D eigenvalue weighted by Gasteiger charge is -2.31. The molecule has 1 aliphatic heterocycles. The van der Waals surface area contributed by atoms with Crippen LogP contribution in [0.1, 0.15) is 31.7 Å². The number of piperidine rings is 1. The highest BCUT2D eigenvalue weighted by molar-refractivity contribution is 5.95. The first-order valence-electron chi connectivity index (χ1n) is 10.4. The molecule has 0 bridgehead atoms. The van der Waals surface area contributed by atoms with Gasteiger partial charge in [0.25, 0.3) is 5.91 Å². The van der Waals surface area contributed by atoms with E-state index in [4.69, 9.17) is 4.74 Å². The highest BCUT2D eigenvalue weighted by Crippen LogP contribution is 2.20. The molecule has 2 aromatic carbocycles. The fraction of sp³-hybridized carbons (Fsp3) is 0.375. The van der Waals surface area contributed by atoms with Gasteiger partial charge in [-0.1, -0.05) is 55.5 Å². The molecule has 3 rings (SSSR count). The molecule has 0 N–H and O–H groups in total. The van der Waals surface area contributed by atoms with Crippen molar-refractivity contribution in [3.8, 4) is 0 Å². The van der Waals surface area contributed by atoms with E-state index in [1.807, 2.05) is 67.6 Å². The van der Waals surface area contributed by atoms with Crippen LogP contribution in [0.5, 0.6) is 0 Å². The van der Waals surface area contributed by atoms with Crippen LogP contribution >= 0.6 is 0 Å². The van der Waals surface area contributed by atoms with Crippen molar-refractivity contribution in [3.63, 3.8) is 0 Å². The monoisotopic (exact) mass is 408 g/mol. The highest BCUT2D eigenvalue weighted by atomic mass is 16.5. The van der Waals surface area contributed by atoms with Crippen molar-refractivity contribution in [3.05, 3.63) is 66.2 Å². The predicted molar refractivity (Wildman–Crippen MR) is 115 cm³/mol. The van der Waals surface area contributed by atoms with Crippen molar-refractivity contribution < 1.29 is 19.1 Å². The molecule has 158 valence electrons. The quantitative estimate of drug-likeness (QED) is 0.659. The lowest BCUT2D eigenvalue weighted by Crippen LogP contribution is -2.43. The Kier molecular flexibility index (Phi) is 7.60. The maximum absolute atomic E-state index is 12.9. The van der Waals surface area contributed by atoms with Crippen LogP contribution in [0.2, 0.25) is 0 Å². The van der Waals surface area contributed by atoms with E-state index in [9.17, 15) is 14.4 Å². The SMILES string of the molecule is CCC(=O)N1CCCC(C(=O)OCC(=O)N(Cc2ccccc2)c2ccccc2)C1. The van der Waals surface area contributed by atoms with Crippen LogP contribution in [0.15, 0.2) is 60.7 Å². The predicted octanol–water partition coefficient (Wildman–Crippen LogP) is 3.41. The van der Waals surface area contributed by atoms with Gasteiger partial charge in [-0.3, -0.25) is 14.4 Å². The summed E-state index contributed by atoms with van der Waals surface area (Å²) in [5, 5.41) is 0. The number of anilines is 1. The molecule has 0 aliphatic carbocycles. The number of amides is 2. The molecule has 1 fully saturated rings. The number of hydrogen-bond acceptors (Lipinski definition) is 4. The summed E-state index contributed by atoms with van der Waals surface area (Å²) in [5.74, 6) is -1.02. The summed E-state index contributed by atoms with van der Waals surface area (Å²) in [5.41, 5.74) is 1.74. The highest BCUT2D eigenvalue weighted by Gasteiger charge is 2.29. The Morgan fingerprint density at radius 3 is 2.37 bits per heavy atom. The van der Waals surface area contributed by atoms with E-state index < -0.39 is 5.97 Å². The summed E-state index contributed by atoms with van der Waals surface area (Å²) >= 11 is 0. The minimum atomic E-state index is -0.412. The van der Waals surface area contributed by atoms with Crippen LogP contribution in [0.4, 0.5) is 5.69 Å². The van der Waals surface area contributed by atoms with Gasteiger partial charge in [0.2, 0.25) is 5.91 Å². The number of rotatable bonds is 7. The molecule has 6 heteroatoms. The van der Waals surface area contributed by atoms with E-state index in [-0.39, 0.29) is 24.3 Å². The molecule has 1 aliphatic rings. The van der Waals surface area contributed by atoms with Crippen molar-refractivity contribution in [2.45, 2.75) is 32.7 Å². The van der Waals surface area contributed by atoms with Gasteiger partial charge in [0.05, 0.1) is 12.5 Å². The van der Waals surface area contributed by atoms with Gasteiger partial charge in [0.15, 0.2) is 6.61 Å². The number of nitrogens with zero attached hydrogens (tertiary/aromatic N) is 2. The average Bonchev–Trinajstić information content (AvgIpc) is 2.81. The fourth-order valence-corrected chi connectivity index (χ4v) is 3.65. The Morgan fingerprint density at radius 1 is 1.03 bits per heavy atom. The van der Waals surface area contributed by atoms with E-state index >= 15 is 0 Å². The van der Waals surface area contributed by atoms with Crippen LogP contribution < -0.4 is 4.90 Å². The van der Waals surface area contributed by atoms with Gasteiger partial charge in [-0.05, 0) is 30.5 Å². The molecule has 0 saturated carbocycles. The molecule has 0 aromatic heterocycles. The van der Waals surface area contributed by atoms with Crippen LogP contribution in [0.25, 0.3) is 0 Å². The van der Waals surface area contributed by atoms with E-state index in [2.05, 4.69) is 0 Å². The molecule has 1 saturated heterocycles. The van der Waals surface area contributed by atoms with Crippen LogP contribution in [0.3, 0.4) is 0 Å². The van der Waals surface area contributed by atoms with Gasteiger partial charge in [0, 0.05) is 25.2 Å². The molecule has 2 amide bonds. The van der Waals surface area contributed by atoms with Gasteiger partial charge in [-0.25, -0.2) is 0 Å². The summed E-state index contributed by atoms with van der Waals surface area (Å²) in [7, 11) is 0. The van der Waals surface area contributed by atoms with E-state index in [0.29, 0.717) is 32.5 Å². The Bertz CT molecular complexity index is 854. The zero-order valence-electron chi connectivity index (χ0n) is 17.3. The topological polar surface area (TPSA) is 66.9 Å². The van der Waals surface area contributed by atoms with Gasteiger partial charge in [0.1, 0.15) is 0 Å². The van der Waals surface area contributed by atoms with Gasteiger partial charge in [-0.2, -0.15) is 0 Å². The van der Waals surface area contributed by atoms with Crippen molar-refractivity contribution in [2.24, 2.45) is 5.92 Å². The summed E-state index contributed by atoms with van der Waals surface area (Å²) in [4.78, 5) is 40.8. The summed E-state index contributed by atoms with van der Waals surface area (Å²) in [6, 6.07) is 19.0. The number of hydrogen-bond donors (Lipinski definition) is 0. The van der Waals surface area contributed by atoms with Crippen molar-refractivity contribution >= 4 is 23.5 Å². The number of esters is 1. The van der Waals surface area contributed by atoms with Gasteiger partial charge < -0.3 is 14.5 Å². The first-order chi connectivity index (χ1) is 14.6. The average molecular weight is 408 g/mol. The molecule has 1 unspecified atom stereocenters. The van der Waals surface area contributed by atoms with Crippen LogP contribution in [-0.4, -0.2) is 42.4 Å². The molecule has 0 radical (unpaired) electrons. The first kappa shape index (κ1) is 21.6. The third-order valence-corrected chi connectivity index (χ3v) is 5.30. The second kappa shape index (κ2) is 10.6. The maximum Gasteiger partial charge on any atom is 0.311 e. The molecular weight excluding hydrogens is 380 g/mol. The van der Waals surface area contributed by atoms with Crippen molar-refractivity contribution in [1.82, 2.24) is 4.90 Å². The van der Waals surface area contributed by atoms with Crippen LogP contribution in [0, 0.1) is 5.92 Å². The van der Waals surface area contributed by atoms with Crippen molar-refractivity contribution in [2.75, 3.05) is 24.6 Å². The largest absolute Gasteiger partial charge is 0.455 e. The van der Waals surface area contributed by atoms with Crippen LogP contribution in [-0.2, 0) is 25.7 Å². The fourth-order valence-electron chi connectivity index (χ4n) is 3.65. The van der Waals surface area contributed by atoms with Gasteiger partial charge in [-0.15, -0.1) is 0 Å². The standard InChI is InChI=1S/C24H28N2O4/c1-2-22(27)25-15-9-12-20(17-25)24(29)30-18-23(28)26(21-13-7-4-8-14-21)16-19-10-5-3-6-11-19/h3-8,10-11,13-14,20H,2,9,12,15-18H2,1H3. The zero-order chi connectivity index (χ0) is 21.3. The molecule has 30 heavy (non-hydrogen) atoms. The second-order valence-corrected chi connectivity index (χ2v) is 7.44. The van der Waals surface area contributed by atoms with E-state index in [0.717, 1.165) is 17.7 Å². The number of carbonyl (C=O) groups excluding carboxylic acids is 3. The lowest BCUT2D eigenvalue weighted by molar-refractivity contribution is -0.154. The molecule has 1 atom stereocenters. The minimum Gasteiger partial charge on any atom is -0.455 e. The normalized spacial score (nSPS) is 16.0. The molecule has 1 heterocycles. The first-order valence-corrected chi connectivity index (χ1v) is 10.4. The molecular formula is C24H28N2O4. The Hall–Kier alpha value is -3.15. The summed E-state index contributed by atoms with van der Waals surface area (Å²) in [6.45, 7) is 2.93. The summed E-state index contributed by atoms with van der Waals surface area (Å²) < 4.78 is 5.38. The van der Waals surface area contributed by atoms with Gasteiger partial charge >= 0.3 is 5.97 Å². The third kappa shape index (κ3) is 5.69. The smallest absolute Gasteiger partial charge is 0.311 e. The number of para-hydroxylation sites is 1. The van der Waals surface area contributed by atoms with Crippen molar-refractivity contribution in [1.29, 1.82) is 0 Å². The minimum absolute atomic E-state index is 0.0432. The Balaban J connectivity index is 1.62. The lowest BCUT2D eigenvalue weighted by atomic mass is 9.98. The molecule has 0 spiro atoms. The number of carbonyl (C=O) groups is 3. The maximum atomic E-state index is 12.9. The Labute approximate surface area is 177 Å². The molecule has 6 nitrogen and oxygen atoms in total.